The summed E-state index contributed by atoms with van der Waals surface area (Å²) in [4.78, 5) is 9.04. The highest BCUT2D eigenvalue weighted by Gasteiger charge is 2.19. The second kappa shape index (κ2) is 5.93. The van der Waals surface area contributed by atoms with E-state index >= 15 is 0 Å². The molecule has 0 aliphatic carbocycles. The highest BCUT2D eigenvalue weighted by molar-refractivity contribution is 5.35. The Bertz CT molecular complexity index is 364. The van der Waals surface area contributed by atoms with E-state index in [1.807, 2.05) is 6.07 Å². The summed E-state index contributed by atoms with van der Waals surface area (Å²) in [6.45, 7) is 3.72. The minimum atomic E-state index is 0.313. The molecule has 5 heteroatoms. The van der Waals surface area contributed by atoms with Crippen molar-refractivity contribution in [2.45, 2.75) is 38.5 Å². The minimum Gasteiger partial charge on any atom is -0.381 e. The Labute approximate surface area is 102 Å². The van der Waals surface area contributed by atoms with Crippen molar-refractivity contribution >= 4 is 5.82 Å². The molecule has 1 aromatic rings. The molecule has 2 rings (SSSR count). The first-order valence-electron chi connectivity index (χ1n) is 6.25. The van der Waals surface area contributed by atoms with Gasteiger partial charge in [-0.2, -0.15) is 0 Å². The lowest BCUT2D eigenvalue weighted by Gasteiger charge is -2.21. The van der Waals surface area contributed by atoms with Crippen LogP contribution in [0.15, 0.2) is 6.07 Å². The van der Waals surface area contributed by atoms with Crippen LogP contribution in [0.5, 0.6) is 0 Å². The number of rotatable bonds is 4. The van der Waals surface area contributed by atoms with Gasteiger partial charge in [0, 0.05) is 24.3 Å². The third-order valence-corrected chi connectivity index (χ3v) is 2.98. The van der Waals surface area contributed by atoms with Gasteiger partial charge in [0.25, 0.3) is 0 Å². The fraction of sp³-hybridized carbons (Fsp3) is 0.667. The maximum atomic E-state index is 5.48. The molecule has 0 saturated carbocycles. The fourth-order valence-corrected chi connectivity index (χ4v) is 2.10. The van der Waals surface area contributed by atoms with Gasteiger partial charge in [-0.25, -0.2) is 15.8 Å². The molecule has 0 amide bonds. The summed E-state index contributed by atoms with van der Waals surface area (Å²) in [5.74, 6) is 7.32. The Morgan fingerprint density at radius 2 is 2.41 bits per heavy atom. The first kappa shape index (κ1) is 12.3. The molecule has 1 aromatic heterocycles. The van der Waals surface area contributed by atoms with Crippen LogP contribution in [0.3, 0.4) is 0 Å². The summed E-state index contributed by atoms with van der Waals surface area (Å²) >= 11 is 0. The molecule has 94 valence electrons. The van der Waals surface area contributed by atoms with Crippen molar-refractivity contribution in [1.29, 1.82) is 0 Å². The number of hydrazine groups is 1. The molecule has 3 N–H and O–H groups in total. The Morgan fingerprint density at radius 3 is 3.06 bits per heavy atom. The summed E-state index contributed by atoms with van der Waals surface area (Å²) in [5, 5.41) is 0. The lowest BCUT2D eigenvalue weighted by Crippen LogP contribution is -2.20. The number of nitrogens with zero attached hydrogens (tertiary/aromatic N) is 2. The molecule has 2 heterocycles. The van der Waals surface area contributed by atoms with E-state index in [0.717, 1.165) is 50.4 Å². The van der Waals surface area contributed by atoms with Crippen LogP contribution in [0.1, 0.15) is 43.6 Å². The van der Waals surface area contributed by atoms with E-state index in [9.17, 15) is 0 Å². The summed E-state index contributed by atoms with van der Waals surface area (Å²) in [6, 6.07) is 1.91. The zero-order valence-corrected chi connectivity index (χ0v) is 10.3. The van der Waals surface area contributed by atoms with Gasteiger partial charge >= 0.3 is 0 Å². The number of nitrogens with two attached hydrogens (primary N) is 1. The van der Waals surface area contributed by atoms with Gasteiger partial charge in [-0.15, -0.1) is 0 Å². The van der Waals surface area contributed by atoms with E-state index in [1.165, 1.54) is 0 Å². The second-order valence-corrected chi connectivity index (χ2v) is 4.41. The Kier molecular flexibility index (Phi) is 4.28. The zero-order valence-electron chi connectivity index (χ0n) is 10.3. The predicted octanol–water partition coefficient (Wildman–Crippen LogP) is 1.61. The molecule has 1 fully saturated rings. The van der Waals surface area contributed by atoms with Gasteiger partial charge in [0.2, 0.25) is 0 Å². The molecule has 1 unspecified atom stereocenters. The van der Waals surface area contributed by atoms with Crippen molar-refractivity contribution in [1.82, 2.24) is 9.97 Å². The number of nitrogen functional groups attached to an aromatic ring is 1. The highest BCUT2D eigenvalue weighted by atomic mass is 16.5. The number of ether oxygens (including phenoxy) is 1. The monoisotopic (exact) mass is 236 g/mol. The third kappa shape index (κ3) is 3.14. The fourth-order valence-electron chi connectivity index (χ4n) is 2.10. The lowest BCUT2D eigenvalue weighted by atomic mass is 10.0. The van der Waals surface area contributed by atoms with Gasteiger partial charge in [0.15, 0.2) is 0 Å². The highest BCUT2D eigenvalue weighted by Crippen LogP contribution is 2.24. The van der Waals surface area contributed by atoms with Crippen molar-refractivity contribution in [3.63, 3.8) is 0 Å². The zero-order chi connectivity index (χ0) is 12.1. The van der Waals surface area contributed by atoms with Gasteiger partial charge in [-0.05, 0) is 19.3 Å². The molecule has 1 atom stereocenters. The quantitative estimate of drug-likeness (QED) is 0.613. The average Bonchev–Trinajstić information content (AvgIpc) is 2.40. The summed E-state index contributed by atoms with van der Waals surface area (Å²) in [6.07, 6.45) is 4.20. The summed E-state index contributed by atoms with van der Waals surface area (Å²) < 4.78 is 5.48. The van der Waals surface area contributed by atoms with E-state index in [2.05, 4.69) is 22.3 Å². The largest absolute Gasteiger partial charge is 0.381 e. The Hall–Kier alpha value is -1.20. The van der Waals surface area contributed by atoms with Crippen LogP contribution in [0.25, 0.3) is 0 Å². The molecule has 5 nitrogen and oxygen atoms in total. The van der Waals surface area contributed by atoms with Gasteiger partial charge in [-0.1, -0.05) is 13.3 Å². The molecular formula is C12H20N4O. The van der Waals surface area contributed by atoms with E-state index in [0.29, 0.717) is 11.7 Å². The SMILES string of the molecule is CCCc1cc(NN)nc(C2CCCOC2)n1. The molecular weight excluding hydrogens is 216 g/mol. The van der Waals surface area contributed by atoms with Gasteiger partial charge in [0.05, 0.1) is 6.61 Å². The molecule has 1 aliphatic heterocycles. The van der Waals surface area contributed by atoms with Gasteiger partial charge in [-0.3, -0.25) is 0 Å². The Balaban J connectivity index is 2.21. The molecule has 0 aromatic carbocycles. The van der Waals surface area contributed by atoms with Gasteiger partial charge < -0.3 is 10.2 Å². The third-order valence-electron chi connectivity index (χ3n) is 2.98. The molecule has 1 aliphatic rings. The molecule has 1 saturated heterocycles. The van der Waals surface area contributed by atoms with E-state index in [4.69, 9.17) is 10.6 Å². The number of aromatic nitrogens is 2. The second-order valence-electron chi connectivity index (χ2n) is 4.41. The van der Waals surface area contributed by atoms with Crippen molar-refractivity contribution < 1.29 is 4.74 Å². The van der Waals surface area contributed by atoms with Crippen molar-refractivity contribution in [3.8, 4) is 0 Å². The number of hydrogen-bond acceptors (Lipinski definition) is 5. The molecule has 17 heavy (non-hydrogen) atoms. The smallest absolute Gasteiger partial charge is 0.143 e. The van der Waals surface area contributed by atoms with Crippen molar-refractivity contribution in [2.75, 3.05) is 18.6 Å². The average molecular weight is 236 g/mol. The van der Waals surface area contributed by atoms with Crippen LogP contribution in [0, 0.1) is 0 Å². The van der Waals surface area contributed by atoms with Crippen LogP contribution in [0.2, 0.25) is 0 Å². The summed E-state index contributed by atoms with van der Waals surface area (Å²) in [5.41, 5.74) is 3.67. The Morgan fingerprint density at radius 1 is 1.53 bits per heavy atom. The number of aryl methyl sites for hydroxylation is 1. The van der Waals surface area contributed by atoms with Crippen molar-refractivity contribution in [3.05, 3.63) is 17.6 Å². The number of hydrogen-bond donors (Lipinski definition) is 2. The predicted molar refractivity (Wildman–Crippen MR) is 66.6 cm³/mol. The maximum absolute atomic E-state index is 5.48. The van der Waals surface area contributed by atoms with E-state index < -0.39 is 0 Å². The van der Waals surface area contributed by atoms with Crippen LogP contribution in [-0.4, -0.2) is 23.2 Å². The van der Waals surface area contributed by atoms with Crippen LogP contribution in [0.4, 0.5) is 5.82 Å². The normalized spacial score (nSPS) is 20.2. The van der Waals surface area contributed by atoms with Crippen molar-refractivity contribution in [2.24, 2.45) is 5.84 Å². The molecule has 0 bridgehead atoms. The maximum Gasteiger partial charge on any atom is 0.143 e. The standard InChI is InChI=1S/C12H20N4O/c1-2-4-10-7-11(16-13)15-12(14-10)9-5-3-6-17-8-9/h7,9H,2-6,8,13H2,1H3,(H,14,15,16). The molecule has 0 spiro atoms. The first-order valence-corrected chi connectivity index (χ1v) is 6.25. The molecule has 0 radical (unpaired) electrons. The minimum absolute atomic E-state index is 0.313. The van der Waals surface area contributed by atoms with E-state index in [1.54, 1.807) is 0 Å². The number of anilines is 1. The first-order chi connectivity index (χ1) is 8.33. The van der Waals surface area contributed by atoms with Crippen LogP contribution < -0.4 is 11.3 Å². The topological polar surface area (TPSA) is 73.1 Å². The van der Waals surface area contributed by atoms with Crippen LogP contribution in [-0.2, 0) is 11.2 Å². The number of nitrogens with one attached hydrogen (secondary N) is 1. The van der Waals surface area contributed by atoms with Crippen LogP contribution >= 0.6 is 0 Å². The summed E-state index contributed by atoms with van der Waals surface area (Å²) in [7, 11) is 0. The van der Waals surface area contributed by atoms with Gasteiger partial charge in [0.1, 0.15) is 11.6 Å². The lowest BCUT2D eigenvalue weighted by molar-refractivity contribution is 0.0780. The van der Waals surface area contributed by atoms with E-state index in [-0.39, 0.29) is 0 Å².